The lowest BCUT2D eigenvalue weighted by atomic mass is 9.98. The molecular formula is C18H24N2. The molecule has 0 amide bonds. The molecule has 0 aliphatic heterocycles. The lowest BCUT2D eigenvalue weighted by Gasteiger charge is -2.19. The van der Waals surface area contributed by atoms with E-state index >= 15 is 0 Å². The van der Waals surface area contributed by atoms with Crippen LogP contribution in [0.2, 0.25) is 0 Å². The van der Waals surface area contributed by atoms with E-state index in [0.29, 0.717) is 6.04 Å². The standard InChI is InChI=1S/C18H24N2/c1-3-12-20-18(17-9-6-15(2)7-10-17)11-8-16-5-4-13-19-14-16/h4-7,9-10,13-14,18,20H,3,8,11-12H2,1-2H3. The number of hydrogen-bond donors (Lipinski definition) is 1. The number of aryl methyl sites for hydroxylation is 2. The molecule has 1 unspecified atom stereocenters. The van der Waals surface area contributed by atoms with Crippen LogP contribution >= 0.6 is 0 Å². The number of nitrogens with zero attached hydrogens (tertiary/aromatic N) is 1. The molecule has 1 aromatic carbocycles. The first kappa shape index (κ1) is 14.7. The van der Waals surface area contributed by atoms with Gasteiger partial charge in [-0.25, -0.2) is 0 Å². The third kappa shape index (κ3) is 4.46. The van der Waals surface area contributed by atoms with Crippen LogP contribution in [-0.2, 0) is 6.42 Å². The van der Waals surface area contributed by atoms with E-state index in [9.17, 15) is 0 Å². The second kappa shape index (κ2) is 7.81. The Morgan fingerprint density at radius 1 is 1.15 bits per heavy atom. The van der Waals surface area contributed by atoms with Gasteiger partial charge in [-0.3, -0.25) is 4.98 Å². The van der Waals surface area contributed by atoms with Crippen molar-refractivity contribution in [2.75, 3.05) is 6.54 Å². The summed E-state index contributed by atoms with van der Waals surface area (Å²) >= 11 is 0. The van der Waals surface area contributed by atoms with Gasteiger partial charge in [0, 0.05) is 18.4 Å². The van der Waals surface area contributed by atoms with E-state index in [1.165, 1.54) is 16.7 Å². The minimum absolute atomic E-state index is 0.427. The van der Waals surface area contributed by atoms with Crippen LogP contribution in [0.15, 0.2) is 48.8 Å². The van der Waals surface area contributed by atoms with Crippen LogP contribution in [-0.4, -0.2) is 11.5 Å². The van der Waals surface area contributed by atoms with Gasteiger partial charge in [-0.2, -0.15) is 0 Å². The van der Waals surface area contributed by atoms with Gasteiger partial charge in [-0.1, -0.05) is 42.8 Å². The van der Waals surface area contributed by atoms with Crippen molar-refractivity contribution in [1.82, 2.24) is 10.3 Å². The van der Waals surface area contributed by atoms with E-state index in [1.54, 1.807) is 0 Å². The SMILES string of the molecule is CCCNC(CCc1cccnc1)c1ccc(C)cc1. The quantitative estimate of drug-likeness (QED) is 0.819. The zero-order valence-corrected chi connectivity index (χ0v) is 12.5. The number of rotatable bonds is 7. The number of nitrogens with one attached hydrogen (secondary N) is 1. The molecule has 0 bridgehead atoms. The highest BCUT2D eigenvalue weighted by Crippen LogP contribution is 2.19. The molecular weight excluding hydrogens is 244 g/mol. The highest BCUT2D eigenvalue weighted by Gasteiger charge is 2.10. The van der Waals surface area contributed by atoms with Gasteiger partial charge in [0.25, 0.3) is 0 Å². The summed E-state index contributed by atoms with van der Waals surface area (Å²) in [5, 5.41) is 3.66. The maximum Gasteiger partial charge on any atom is 0.0323 e. The van der Waals surface area contributed by atoms with Gasteiger partial charge in [-0.05, 0) is 49.9 Å². The molecule has 1 aromatic heterocycles. The molecule has 0 saturated carbocycles. The van der Waals surface area contributed by atoms with E-state index in [1.807, 2.05) is 18.5 Å². The summed E-state index contributed by atoms with van der Waals surface area (Å²) in [6.45, 7) is 5.40. The Kier molecular flexibility index (Phi) is 5.75. The Labute approximate surface area is 122 Å². The van der Waals surface area contributed by atoms with Crippen LogP contribution in [0.1, 0.15) is 42.5 Å². The molecule has 0 aliphatic rings. The van der Waals surface area contributed by atoms with Crippen LogP contribution in [0, 0.1) is 6.92 Å². The van der Waals surface area contributed by atoms with Gasteiger partial charge in [0.2, 0.25) is 0 Å². The molecule has 106 valence electrons. The summed E-state index contributed by atoms with van der Waals surface area (Å²) in [5.74, 6) is 0. The van der Waals surface area contributed by atoms with Crippen LogP contribution in [0.5, 0.6) is 0 Å². The van der Waals surface area contributed by atoms with Crippen LogP contribution in [0.3, 0.4) is 0 Å². The minimum atomic E-state index is 0.427. The maximum absolute atomic E-state index is 4.19. The normalized spacial score (nSPS) is 12.3. The summed E-state index contributed by atoms with van der Waals surface area (Å²) in [5.41, 5.74) is 4.01. The Morgan fingerprint density at radius 3 is 2.60 bits per heavy atom. The Bertz CT molecular complexity index is 491. The van der Waals surface area contributed by atoms with Crippen LogP contribution in [0.25, 0.3) is 0 Å². The maximum atomic E-state index is 4.19. The molecule has 20 heavy (non-hydrogen) atoms. The third-order valence-corrected chi connectivity index (χ3v) is 3.56. The lowest BCUT2D eigenvalue weighted by Crippen LogP contribution is -2.22. The number of aromatic nitrogens is 1. The summed E-state index contributed by atoms with van der Waals surface area (Å²) in [6, 6.07) is 13.5. The van der Waals surface area contributed by atoms with Crippen LogP contribution < -0.4 is 5.32 Å². The van der Waals surface area contributed by atoms with Gasteiger partial charge in [0.05, 0.1) is 0 Å². The van der Waals surface area contributed by atoms with Crippen molar-refractivity contribution in [1.29, 1.82) is 0 Å². The fourth-order valence-electron chi connectivity index (χ4n) is 2.36. The van der Waals surface area contributed by atoms with Gasteiger partial charge < -0.3 is 5.32 Å². The average molecular weight is 268 g/mol. The Morgan fingerprint density at radius 2 is 1.95 bits per heavy atom. The molecule has 1 atom stereocenters. The van der Waals surface area contributed by atoms with Gasteiger partial charge in [0.15, 0.2) is 0 Å². The van der Waals surface area contributed by atoms with Crippen molar-refractivity contribution in [3.8, 4) is 0 Å². The number of benzene rings is 1. The third-order valence-electron chi connectivity index (χ3n) is 3.56. The second-order valence-electron chi connectivity index (χ2n) is 5.32. The zero-order valence-electron chi connectivity index (χ0n) is 12.5. The first-order chi connectivity index (χ1) is 9.79. The molecule has 2 nitrogen and oxygen atoms in total. The minimum Gasteiger partial charge on any atom is -0.310 e. The smallest absolute Gasteiger partial charge is 0.0323 e. The van der Waals surface area contributed by atoms with Crippen molar-refractivity contribution in [3.05, 3.63) is 65.5 Å². The molecule has 1 N–H and O–H groups in total. The van der Waals surface area contributed by atoms with Crippen molar-refractivity contribution >= 4 is 0 Å². The zero-order chi connectivity index (χ0) is 14.2. The van der Waals surface area contributed by atoms with E-state index in [0.717, 1.165) is 25.8 Å². The Hall–Kier alpha value is -1.67. The van der Waals surface area contributed by atoms with E-state index in [-0.39, 0.29) is 0 Å². The molecule has 0 spiro atoms. The lowest BCUT2D eigenvalue weighted by molar-refractivity contribution is 0.499. The number of pyridine rings is 1. The van der Waals surface area contributed by atoms with Crippen molar-refractivity contribution in [2.24, 2.45) is 0 Å². The topological polar surface area (TPSA) is 24.9 Å². The first-order valence-corrected chi connectivity index (χ1v) is 7.48. The monoisotopic (exact) mass is 268 g/mol. The van der Waals surface area contributed by atoms with E-state index in [2.05, 4.69) is 54.5 Å². The van der Waals surface area contributed by atoms with Gasteiger partial charge in [0.1, 0.15) is 0 Å². The predicted octanol–water partition coefficient (Wildman–Crippen LogP) is 4.06. The summed E-state index contributed by atoms with van der Waals surface area (Å²) in [6.07, 6.45) is 7.12. The van der Waals surface area contributed by atoms with Crippen LogP contribution in [0.4, 0.5) is 0 Å². The molecule has 2 aromatic rings. The fourth-order valence-corrected chi connectivity index (χ4v) is 2.36. The highest BCUT2D eigenvalue weighted by molar-refractivity contribution is 5.24. The fraction of sp³-hybridized carbons (Fsp3) is 0.389. The highest BCUT2D eigenvalue weighted by atomic mass is 14.9. The summed E-state index contributed by atoms with van der Waals surface area (Å²) in [7, 11) is 0. The predicted molar refractivity (Wildman–Crippen MR) is 84.8 cm³/mol. The number of hydrogen-bond acceptors (Lipinski definition) is 2. The molecule has 0 saturated heterocycles. The molecule has 2 rings (SSSR count). The second-order valence-corrected chi connectivity index (χ2v) is 5.32. The van der Waals surface area contributed by atoms with Gasteiger partial charge >= 0.3 is 0 Å². The van der Waals surface area contributed by atoms with Gasteiger partial charge in [-0.15, -0.1) is 0 Å². The molecule has 0 radical (unpaired) electrons. The average Bonchev–Trinajstić information content (AvgIpc) is 2.50. The van der Waals surface area contributed by atoms with Crippen molar-refractivity contribution < 1.29 is 0 Å². The molecule has 2 heteroatoms. The van der Waals surface area contributed by atoms with E-state index in [4.69, 9.17) is 0 Å². The summed E-state index contributed by atoms with van der Waals surface area (Å²) < 4.78 is 0. The summed E-state index contributed by atoms with van der Waals surface area (Å²) in [4.78, 5) is 4.19. The first-order valence-electron chi connectivity index (χ1n) is 7.48. The molecule has 1 heterocycles. The molecule has 0 aliphatic carbocycles. The Balaban J connectivity index is 2.01. The van der Waals surface area contributed by atoms with Crippen molar-refractivity contribution in [3.63, 3.8) is 0 Å². The largest absolute Gasteiger partial charge is 0.310 e. The van der Waals surface area contributed by atoms with Crippen molar-refractivity contribution in [2.45, 2.75) is 39.2 Å². The van der Waals surface area contributed by atoms with E-state index < -0.39 is 0 Å². The molecule has 0 fully saturated rings.